The van der Waals surface area contributed by atoms with E-state index in [1.54, 1.807) is 0 Å². The molecule has 0 spiro atoms. The van der Waals surface area contributed by atoms with E-state index in [1.165, 1.54) is 57.5 Å². The highest BCUT2D eigenvalue weighted by molar-refractivity contribution is 5.14. The van der Waals surface area contributed by atoms with Crippen LogP contribution in [-0.4, -0.2) is 55.1 Å². The van der Waals surface area contributed by atoms with E-state index in [9.17, 15) is 0 Å². The second kappa shape index (κ2) is 8.40. The lowest BCUT2D eigenvalue weighted by Gasteiger charge is -2.37. The van der Waals surface area contributed by atoms with Crippen LogP contribution in [0, 0.1) is 0 Å². The van der Waals surface area contributed by atoms with Crippen molar-refractivity contribution in [2.24, 2.45) is 5.73 Å². The lowest BCUT2D eigenvalue weighted by atomic mass is 10.1. The summed E-state index contributed by atoms with van der Waals surface area (Å²) in [7, 11) is 0. The van der Waals surface area contributed by atoms with Crippen LogP contribution in [0.2, 0.25) is 0 Å². The van der Waals surface area contributed by atoms with Crippen molar-refractivity contribution in [3.63, 3.8) is 0 Å². The van der Waals surface area contributed by atoms with Gasteiger partial charge >= 0.3 is 0 Å². The summed E-state index contributed by atoms with van der Waals surface area (Å²) in [4.78, 5) is 5.12. The number of rotatable bonds is 7. The number of hydrogen-bond acceptors (Lipinski definition) is 3. The molecule has 1 unspecified atom stereocenters. The van der Waals surface area contributed by atoms with Crippen molar-refractivity contribution in [3.8, 4) is 0 Å². The highest BCUT2D eigenvalue weighted by atomic mass is 15.3. The van der Waals surface area contributed by atoms with Crippen LogP contribution in [0.15, 0.2) is 30.3 Å². The number of aryl methyl sites for hydroxylation is 1. The third-order valence-corrected chi connectivity index (χ3v) is 4.40. The minimum atomic E-state index is 0.537. The number of benzene rings is 1. The third kappa shape index (κ3) is 4.89. The van der Waals surface area contributed by atoms with Gasteiger partial charge in [-0.25, -0.2) is 0 Å². The first-order valence-corrected chi connectivity index (χ1v) is 8.00. The predicted molar refractivity (Wildman–Crippen MR) is 85.9 cm³/mol. The molecule has 1 aliphatic rings. The van der Waals surface area contributed by atoms with Gasteiger partial charge in [0.2, 0.25) is 0 Å². The molecule has 2 N–H and O–H groups in total. The Kier molecular flexibility index (Phi) is 6.51. The molecule has 112 valence electrons. The molecule has 1 saturated heterocycles. The zero-order valence-corrected chi connectivity index (χ0v) is 12.8. The molecule has 1 heterocycles. The molecule has 0 amide bonds. The van der Waals surface area contributed by atoms with Crippen LogP contribution in [0.4, 0.5) is 0 Å². The van der Waals surface area contributed by atoms with E-state index in [1.807, 2.05) is 0 Å². The Labute approximate surface area is 123 Å². The SMILES string of the molecule is CC(CN)N1CCN(CCCCc2ccccc2)CC1. The Morgan fingerprint density at radius 1 is 1.05 bits per heavy atom. The summed E-state index contributed by atoms with van der Waals surface area (Å²) in [5, 5.41) is 0. The molecule has 1 atom stereocenters. The molecule has 20 heavy (non-hydrogen) atoms. The fourth-order valence-electron chi connectivity index (χ4n) is 2.89. The first-order chi connectivity index (χ1) is 9.79. The zero-order chi connectivity index (χ0) is 14.2. The van der Waals surface area contributed by atoms with Gasteiger partial charge in [0.05, 0.1) is 0 Å². The van der Waals surface area contributed by atoms with Crippen LogP contribution in [0.1, 0.15) is 25.3 Å². The maximum Gasteiger partial charge on any atom is 0.0191 e. The molecule has 0 aromatic heterocycles. The molecule has 2 rings (SSSR count). The van der Waals surface area contributed by atoms with Crippen LogP contribution < -0.4 is 5.73 Å². The van der Waals surface area contributed by atoms with Crippen molar-refractivity contribution in [3.05, 3.63) is 35.9 Å². The zero-order valence-electron chi connectivity index (χ0n) is 12.8. The Bertz CT molecular complexity index is 358. The van der Waals surface area contributed by atoms with Crippen LogP contribution >= 0.6 is 0 Å². The molecular formula is C17H29N3. The predicted octanol–water partition coefficient (Wildman–Crippen LogP) is 1.97. The van der Waals surface area contributed by atoms with E-state index in [0.29, 0.717) is 6.04 Å². The fourth-order valence-corrected chi connectivity index (χ4v) is 2.89. The maximum absolute atomic E-state index is 5.74. The number of hydrogen-bond donors (Lipinski definition) is 1. The molecule has 0 aliphatic carbocycles. The van der Waals surface area contributed by atoms with Crippen molar-refractivity contribution in [1.82, 2.24) is 9.80 Å². The average molecular weight is 275 g/mol. The molecule has 0 saturated carbocycles. The fraction of sp³-hybridized carbons (Fsp3) is 0.647. The van der Waals surface area contributed by atoms with E-state index < -0.39 is 0 Å². The molecule has 0 bridgehead atoms. The van der Waals surface area contributed by atoms with Crippen molar-refractivity contribution in [1.29, 1.82) is 0 Å². The summed E-state index contributed by atoms with van der Waals surface area (Å²) in [5.41, 5.74) is 7.20. The summed E-state index contributed by atoms with van der Waals surface area (Å²) in [5.74, 6) is 0. The summed E-state index contributed by atoms with van der Waals surface area (Å²) in [6.45, 7) is 9.02. The third-order valence-electron chi connectivity index (χ3n) is 4.40. The van der Waals surface area contributed by atoms with Gasteiger partial charge in [0, 0.05) is 38.8 Å². The van der Waals surface area contributed by atoms with Gasteiger partial charge in [-0.15, -0.1) is 0 Å². The van der Waals surface area contributed by atoms with Gasteiger partial charge in [-0.3, -0.25) is 4.90 Å². The second-order valence-corrected chi connectivity index (χ2v) is 5.91. The van der Waals surface area contributed by atoms with E-state index in [2.05, 4.69) is 47.1 Å². The van der Waals surface area contributed by atoms with Crippen LogP contribution in [0.3, 0.4) is 0 Å². The van der Waals surface area contributed by atoms with Crippen molar-refractivity contribution in [2.45, 2.75) is 32.2 Å². The minimum Gasteiger partial charge on any atom is -0.329 e. The van der Waals surface area contributed by atoms with Gasteiger partial charge in [-0.1, -0.05) is 30.3 Å². The van der Waals surface area contributed by atoms with E-state index in [4.69, 9.17) is 5.73 Å². The molecule has 3 heteroatoms. The molecule has 1 aromatic rings. The van der Waals surface area contributed by atoms with Crippen LogP contribution in [-0.2, 0) is 6.42 Å². The summed E-state index contributed by atoms with van der Waals surface area (Å²) < 4.78 is 0. The molecule has 1 aliphatic heterocycles. The van der Waals surface area contributed by atoms with E-state index >= 15 is 0 Å². The van der Waals surface area contributed by atoms with Crippen molar-refractivity contribution < 1.29 is 0 Å². The van der Waals surface area contributed by atoms with Gasteiger partial charge in [0.25, 0.3) is 0 Å². The largest absolute Gasteiger partial charge is 0.329 e. The standard InChI is InChI=1S/C17H29N3/c1-16(15-18)20-13-11-19(12-14-20)10-6-5-9-17-7-3-2-4-8-17/h2-4,7-8,16H,5-6,9-15,18H2,1H3. The molecule has 3 nitrogen and oxygen atoms in total. The van der Waals surface area contributed by atoms with Gasteiger partial charge in [0.15, 0.2) is 0 Å². The Morgan fingerprint density at radius 2 is 1.75 bits per heavy atom. The summed E-state index contributed by atoms with van der Waals surface area (Å²) >= 11 is 0. The average Bonchev–Trinajstić information content (AvgIpc) is 2.52. The summed E-state index contributed by atoms with van der Waals surface area (Å²) in [6, 6.07) is 11.3. The van der Waals surface area contributed by atoms with E-state index in [0.717, 1.165) is 6.54 Å². The number of unbranched alkanes of at least 4 members (excludes halogenated alkanes) is 1. The van der Waals surface area contributed by atoms with E-state index in [-0.39, 0.29) is 0 Å². The first-order valence-electron chi connectivity index (χ1n) is 8.00. The maximum atomic E-state index is 5.74. The highest BCUT2D eigenvalue weighted by Crippen LogP contribution is 2.09. The van der Waals surface area contributed by atoms with Gasteiger partial charge in [-0.05, 0) is 38.3 Å². The molecule has 1 aromatic carbocycles. The monoisotopic (exact) mass is 275 g/mol. The van der Waals surface area contributed by atoms with Crippen LogP contribution in [0.5, 0.6) is 0 Å². The highest BCUT2D eigenvalue weighted by Gasteiger charge is 2.19. The number of piperazine rings is 1. The molecular weight excluding hydrogens is 246 g/mol. The molecule has 0 radical (unpaired) electrons. The van der Waals surface area contributed by atoms with Crippen molar-refractivity contribution in [2.75, 3.05) is 39.3 Å². The summed E-state index contributed by atoms with van der Waals surface area (Å²) in [6.07, 6.45) is 3.82. The normalized spacial score (nSPS) is 19.1. The number of nitrogens with zero attached hydrogens (tertiary/aromatic N) is 2. The van der Waals surface area contributed by atoms with Crippen molar-refractivity contribution >= 4 is 0 Å². The van der Waals surface area contributed by atoms with Gasteiger partial charge < -0.3 is 10.6 Å². The van der Waals surface area contributed by atoms with Gasteiger partial charge in [0.1, 0.15) is 0 Å². The quantitative estimate of drug-likeness (QED) is 0.772. The Morgan fingerprint density at radius 3 is 2.40 bits per heavy atom. The molecule has 1 fully saturated rings. The first kappa shape index (κ1) is 15.5. The van der Waals surface area contributed by atoms with Crippen LogP contribution in [0.25, 0.3) is 0 Å². The Hall–Kier alpha value is -0.900. The lowest BCUT2D eigenvalue weighted by molar-refractivity contribution is 0.104. The minimum absolute atomic E-state index is 0.537. The Balaban J connectivity index is 1.57. The topological polar surface area (TPSA) is 32.5 Å². The second-order valence-electron chi connectivity index (χ2n) is 5.91. The smallest absolute Gasteiger partial charge is 0.0191 e. The van der Waals surface area contributed by atoms with Gasteiger partial charge in [-0.2, -0.15) is 0 Å². The number of nitrogens with two attached hydrogens (primary N) is 1. The lowest BCUT2D eigenvalue weighted by Crippen LogP contribution is -2.51.